The molecule has 0 bridgehead atoms. The minimum atomic E-state index is -0.375. The van der Waals surface area contributed by atoms with Crippen molar-refractivity contribution in [3.8, 4) is 0 Å². The predicted molar refractivity (Wildman–Crippen MR) is 54.0 cm³/mol. The largest absolute Gasteiger partial charge is 0.391 e. The molecular weight excluding hydrogens is 180 g/mol. The normalized spacial score (nSPS) is 13.5. The van der Waals surface area contributed by atoms with Gasteiger partial charge in [-0.25, -0.2) is 4.98 Å². The van der Waals surface area contributed by atoms with Crippen LogP contribution >= 0.6 is 0 Å². The second kappa shape index (κ2) is 5.07. The average Bonchev–Trinajstić information content (AvgIpc) is 2.50. The quantitative estimate of drug-likeness (QED) is 0.709. The highest BCUT2D eigenvalue weighted by Crippen LogP contribution is 2.00. The molecule has 1 atom stereocenters. The summed E-state index contributed by atoms with van der Waals surface area (Å²) in [6.45, 7) is 3.46. The van der Waals surface area contributed by atoms with Crippen LogP contribution in [0.25, 0.3) is 0 Å². The fourth-order valence-electron chi connectivity index (χ4n) is 1.41. The van der Waals surface area contributed by atoms with E-state index in [0.29, 0.717) is 13.0 Å². The summed E-state index contributed by atoms with van der Waals surface area (Å²) in [6.07, 6.45) is 1.72. The van der Waals surface area contributed by atoms with E-state index in [4.69, 9.17) is 0 Å². The van der Waals surface area contributed by atoms with Crippen molar-refractivity contribution in [2.45, 2.75) is 26.0 Å². The van der Waals surface area contributed by atoms with Crippen LogP contribution < -0.4 is 0 Å². The molecule has 5 nitrogen and oxygen atoms in total. The number of aliphatic hydroxyl groups excluding tert-OH is 1. The van der Waals surface area contributed by atoms with Crippen LogP contribution in [0.4, 0.5) is 0 Å². The summed E-state index contributed by atoms with van der Waals surface area (Å²) in [7, 11) is 3.88. The van der Waals surface area contributed by atoms with Gasteiger partial charge >= 0.3 is 0 Å². The van der Waals surface area contributed by atoms with E-state index in [2.05, 4.69) is 10.1 Å². The van der Waals surface area contributed by atoms with E-state index in [1.807, 2.05) is 25.9 Å². The van der Waals surface area contributed by atoms with Crippen LogP contribution in [0.3, 0.4) is 0 Å². The molecule has 1 unspecified atom stereocenters. The maximum Gasteiger partial charge on any atom is 0.138 e. The average molecular weight is 198 g/mol. The molecule has 0 aliphatic carbocycles. The van der Waals surface area contributed by atoms with Crippen molar-refractivity contribution in [3.05, 3.63) is 12.2 Å². The lowest BCUT2D eigenvalue weighted by Crippen LogP contribution is -2.28. The number of hydrogen-bond donors (Lipinski definition) is 1. The zero-order valence-corrected chi connectivity index (χ0v) is 9.01. The van der Waals surface area contributed by atoms with Gasteiger partial charge in [-0.1, -0.05) is 0 Å². The number of rotatable bonds is 5. The lowest BCUT2D eigenvalue weighted by Gasteiger charge is -2.15. The van der Waals surface area contributed by atoms with Crippen LogP contribution in [0.15, 0.2) is 6.33 Å². The molecule has 14 heavy (non-hydrogen) atoms. The number of nitrogens with zero attached hydrogens (tertiary/aromatic N) is 4. The fourth-order valence-corrected chi connectivity index (χ4v) is 1.41. The Balaban J connectivity index is 2.51. The molecule has 1 aromatic rings. The number of aryl methyl sites for hydroxylation is 1. The topological polar surface area (TPSA) is 54.2 Å². The standard InChI is InChI=1S/C9H18N4O/c1-4-13-9(10-7-11-13)5-8(14)6-12(2)3/h7-8,14H,4-6H2,1-3H3. The third kappa shape index (κ3) is 3.08. The lowest BCUT2D eigenvalue weighted by molar-refractivity contribution is 0.134. The van der Waals surface area contributed by atoms with Gasteiger partial charge in [0, 0.05) is 19.5 Å². The Morgan fingerprint density at radius 3 is 2.86 bits per heavy atom. The highest BCUT2D eigenvalue weighted by molar-refractivity contribution is 4.87. The Bertz CT molecular complexity index is 272. The molecule has 0 aromatic carbocycles. The highest BCUT2D eigenvalue weighted by atomic mass is 16.3. The van der Waals surface area contributed by atoms with Crippen molar-refractivity contribution in [3.63, 3.8) is 0 Å². The van der Waals surface area contributed by atoms with E-state index in [1.165, 1.54) is 6.33 Å². The second-order valence-electron chi connectivity index (χ2n) is 3.61. The third-order valence-corrected chi connectivity index (χ3v) is 1.99. The first kappa shape index (κ1) is 11.1. The van der Waals surface area contributed by atoms with Crippen LogP contribution in [-0.4, -0.2) is 51.5 Å². The van der Waals surface area contributed by atoms with Crippen LogP contribution in [0.5, 0.6) is 0 Å². The highest BCUT2D eigenvalue weighted by Gasteiger charge is 2.10. The molecule has 0 spiro atoms. The van der Waals surface area contributed by atoms with Crippen LogP contribution in [-0.2, 0) is 13.0 Å². The molecule has 0 saturated carbocycles. The van der Waals surface area contributed by atoms with Crippen molar-refractivity contribution >= 4 is 0 Å². The molecule has 0 amide bonds. The fraction of sp³-hybridized carbons (Fsp3) is 0.778. The summed E-state index contributed by atoms with van der Waals surface area (Å²) >= 11 is 0. The van der Waals surface area contributed by atoms with E-state index in [9.17, 15) is 5.11 Å². The molecule has 5 heteroatoms. The summed E-state index contributed by atoms with van der Waals surface area (Å²) in [6, 6.07) is 0. The van der Waals surface area contributed by atoms with Gasteiger partial charge in [-0.2, -0.15) is 5.10 Å². The van der Waals surface area contributed by atoms with E-state index < -0.39 is 0 Å². The molecule has 1 heterocycles. The van der Waals surface area contributed by atoms with E-state index in [1.54, 1.807) is 4.68 Å². The van der Waals surface area contributed by atoms with Gasteiger partial charge in [0.2, 0.25) is 0 Å². The molecule has 0 saturated heterocycles. The third-order valence-electron chi connectivity index (χ3n) is 1.99. The summed E-state index contributed by atoms with van der Waals surface area (Å²) in [5.41, 5.74) is 0. The summed E-state index contributed by atoms with van der Waals surface area (Å²) < 4.78 is 1.80. The van der Waals surface area contributed by atoms with Gasteiger partial charge in [0.1, 0.15) is 12.2 Å². The van der Waals surface area contributed by atoms with Crippen LogP contribution in [0.1, 0.15) is 12.7 Å². The van der Waals surface area contributed by atoms with Crippen molar-refractivity contribution < 1.29 is 5.11 Å². The van der Waals surface area contributed by atoms with Crippen molar-refractivity contribution in [1.29, 1.82) is 0 Å². The van der Waals surface area contributed by atoms with Gasteiger partial charge in [-0.3, -0.25) is 4.68 Å². The Kier molecular flexibility index (Phi) is 4.03. The molecule has 1 rings (SSSR count). The molecule has 0 aliphatic heterocycles. The Morgan fingerprint density at radius 2 is 2.29 bits per heavy atom. The molecule has 1 N–H and O–H groups in total. The van der Waals surface area contributed by atoms with Gasteiger partial charge in [-0.05, 0) is 21.0 Å². The minimum Gasteiger partial charge on any atom is -0.391 e. The zero-order chi connectivity index (χ0) is 10.6. The van der Waals surface area contributed by atoms with Gasteiger partial charge < -0.3 is 10.0 Å². The molecule has 0 aliphatic rings. The first-order valence-corrected chi connectivity index (χ1v) is 4.83. The van der Waals surface area contributed by atoms with E-state index >= 15 is 0 Å². The van der Waals surface area contributed by atoms with Gasteiger partial charge in [0.15, 0.2) is 0 Å². The van der Waals surface area contributed by atoms with Crippen molar-refractivity contribution in [1.82, 2.24) is 19.7 Å². The van der Waals surface area contributed by atoms with Gasteiger partial charge in [0.05, 0.1) is 6.10 Å². The molecule has 0 fully saturated rings. The predicted octanol–water partition coefficient (Wildman–Crippen LogP) is -0.237. The van der Waals surface area contributed by atoms with E-state index in [0.717, 1.165) is 12.4 Å². The minimum absolute atomic E-state index is 0.375. The second-order valence-corrected chi connectivity index (χ2v) is 3.61. The number of aliphatic hydroxyl groups is 1. The number of likely N-dealkylation sites (N-methyl/N-ethyl adjacent to an activating group) is 1. The monoisotopic (exact) mass is 198 g/mol. The van der Waals surface area contributed by atoms with Gasteiger partial charge in [-0.15, -0.1) is 0 Å². The van der Waals surface area contributed by atoms with Crippen molar-refractivity contribution in [2.24, 2.45) is 0 Å². The summed E-state index contributed by atoms with van der Waals surface area (Å²) in [5.74, 6) is 0.849. The smallest absolute Gasteiger partial charge is 0.138 e. The Labute approximate surface area is 84.4 Å². The summed E-state index contributed by atoms with van der Waals surface area (Å²) in [4.78, 5) is 6.06. The maximum absolute atomic E-state index is 9.69. The SMILES string of the molecule is CCn1ncnc1CC(O)CN(C)C. The number of hydrogen-bond acceptors (Lipinski definition) is 4. The van der Waals surface area contributed by atoms with Crippen LogP contribution in [0.2, 0.25) is 0 Å². The Hall–Kier alpha value is -0.940. The molecule has 0 radical (unpaired) electrons. The van der Waals surface area contributed by atoms with Crippen LogP contribution in [0, 0.1) is 0 Å². The maximum atomic E-state index is 9.69. The molecule has 1 aromatic heterocycles. The number of aromatic nitrogens is 3. The molecular formula is C9H18N4O. The van der Waals surface area contributed by atoms with E-state index in [-0.39, 0.29) is 6.10 Å². The Morgan fingerprint density at radius 1 is 1.57 bits per heavy atom. The zero-order valence-electron chi connectivity index (χ0n) is 9.01. The first-order chi connectivity index (χ1) is 6.63. The van der Waals surface area contributed by atoms with Gasteiger partial charge in [0.25, 0.3) is 0 Å². The lowest BCUT2D eigenvalue weighted by atomic mass is 10.2. The molecule has 80 valence electrons. The summed E-state index contributed by atoms with van der Waals surface area (Å²) in [5, 5.41) is 13.7. The first-order valence-electron chi connectivity index (χ1n) is 4.83. The van der Waals surface area contributed by atoms with Crippen molar-refractivity contribution in [2.75, 3.05) is 20.6 Å².